The van der Waals surface area contributed by atoms with E-state index in [-0.39, 0.29) is 0 Å². The molecule has 0 aromatic carbocycles. The van der Waals surface area contributed by atoms with Gasteiger partial charge in [0.2, 0.25) is 0 Å². The highest BCUT2D eigenvalue weighted by atomic mass is 35.5. The Bertz CT molecular complexity index is 320. The number of aliphatic carboxylic acids is 1. The summed E-state index contributed by atoms with van der Waals surface area (Å²) in [5.41, 5.74) is 0. The molecule has 0 heterocycles. The van der Waals surface area contributed by atoms with E-state index in [1.165, 1.54) is 38.2 Å². The minimum atomic E-state index is -0.904. The second-order valence-corrected chi connectivity index (χ2v) is 6.26. The lowest BCUT2D eigenvalue weighted by Crippen LogP contribution is -2.45. The summed E-state index contributed by atoms with van der Waals surface area (Å²) >= 11 is 6.20. The molecule has 0 aromatic rings. The molecule has 0 atom stereocenters. The Morgan fingerprint density at radius 3 is 2.00 bits per heavy atom. The zero-order chi connectivity index (χ0) is 11.3. The molecule has 4 fully saturated rings. The van der Waals surface area contributed by atoms with Crippen molar-refractivity contribution in [1.82, 2.24) is 0 Å². The fourth-order valence-electron chi connectivity index (χ4n) is 4.59. The van der Waals surface area contributed by atoms with Gasteiger partial charge in [-0.3, -0.25) is 0 Å². The van der Waals surface area contributed by atoms with Gasteiger partial charge in [0.05, 0.1) is 0 Å². The van der Waals surface area contributed by atoms with Crippen LogP contribution in [0.3, 0.4) is 0 Å². The van der Waals surface area contributed by atoms with Crippen LogP contribution in [0.1, 0.15) is 32.1 Å². The molecular formula is C13H17ClO2. The normalized spacial score (nSPS) is 46.1. The van der Waals surface area contributed by atoms with Crippen LogP contribution < -0.4 is 0 Å². The Hall–Kier alpha value is -0.500. The van der Waals surface area contributed by atoms with Gasteiger partial charge < -0.3 is 5.11 Å². The molecule has 4 aliphatic rings. The Morgan fingerprint density at radius 2 is 1.56 bits per heavy atom. The smallest absolute Gasteiger partial charge is 0.329 e. The summed E-state index contributed by atoms with van der Waals surface area (Å²) in [6, 6.07) is 0. The lowest BCUT2D eigenvalue weighted by molar-refractivity contribution is -0.131. The van der Waals surface area contributed by atoms with Gasteiger partial charge in [-0.15, -0.1) is 0 Å². The monoisotopic (exact) mass is 240 g/mol. The van der Waals surface area contributed by atoms with Gasteiger partial charge in [0.25, 0.3) is 0 Å². The molecule has 4 rings (SSSR count). The number of rotatable bonds is 2. The highest BCUT2D eigenvalue weighted by molar-refractivity contribution is 6.31. The van der Waals surface area contributed by atoms with Crippen molar-refractivity contribution in [3.8, 4) is 0 Å². The van der Waals surface area contributed by atoms with E-state index in [1.54, 1.807) is 0 Å². The van der Waals surface area contributed by atoms with E-state index in [4.69, 9.17) is 16.7 Å². The molecule has 0 unspecified atom stereocenters. The summed E-state index contributed by atoms with van der Waals surface area (Å²) in [4.78, 5) is 10.7. The molecule has 88 valence electrons. The quantitative estimate of drug-likeness (QED) is 0.753. The van der Waals surface area contributed by atoms with Crippen molar-refractivity contribution in [1.29, 1.82) is 0 Å². The minimum Gasteiger partial charge on any atom is -0.478 e. The van der Waals surface area contributed by atoms with Crippen LogP contribution >= 0.6 is 11.6 Å². The minimum absolute atomic E-state index is 0.352. The molecule has 0 spiro atoms. The largest absolute Gasteiger partial charge is 0.478 e. The van der Waals surface area contributed by atoms with E-state index in [9.17, 15) is 4.79 Å². The van der Waals surface area contributed by atoms with Crippen LogP contribution in [0, 0.1) is 29.6 Å². The molecule has 4 aliphatic carbocycles. The van der Waals surface area contributed by atoms with Crippen LogP contribution in [-0.4, -0.2) is 11.1 Å². The summed E-state index contributed by atoms with van der Waals surface area (Å²) < 4.78 is 0. The van der Waals surface area contributed by atoms with E-state index in [2.05, 4.69) is 0 Å². The van der Waals surface area contributed by atoms with Crippen LogP contribution in [0.25, 0.3) is 0 Å². The summed E-state index contributed by atoms with van der Waals surface area (Å²) in [6.07, 6.45) is 7.75. The molecule has 1 N–H and O–H groups in total. The SMILES string of the molecule is O=C(O)/C=C(\Cl)C1C2CC3CC(C2)CC1C3. The van der Waals surface area contributed by atoms with Gasteiger partial charge in [-0.1, -0.05) is 11.6 Å². The Kier molecular flexibility index (Phi) is 2.50. The van der Waals surface area contributed by atoms with Crippen molar-refractivity contribution in [2.45, 2.75) is 32.1 Å². The van der Waals surface area contributed by atoms with Crippen molar-refractivity contribution in [3.05, 3.63) is 11.1 Å². The second-order valence-electron chi connectivity index (χ2n) is 5.82. The fraction of sp³-hybridized carbons (Fsp3) is 0.769. The standard InChI is InChI=1S/C13H17ClO2/c14-11(6-12(15)16)13-9-2-7-1-8(4-9)5-10(13)3-7/h6-10,13H,1-5H2,(H,15,16)/b11-6-. The van der Waals surface area contributed by atoms with Gasteiger partial charge >= 0.3 is 5.97 Å². The van der Waals surface area contributed by atoms with Crippen LogP contribution in [0.5, 0.6) is 0 Å². The molecule has 0 aromatic heterocycles. The summed E-state index contributed by atoms with van der Waals surface area (Å²) in [5, 5.41) is 9.38. The Morgan fingerprint density at radius 1 is 1.06 bits per heavy atom. The van der Waals surface area contributed by atoms with Crippen molar-refractivity contribution < 1.29 is 9.90 Å². The third-order valence-corrected chi connectivity index (χ3v) is 5.17. The van der Waals surface area contributed by atoms with Crippen molar-refractivity contribution in [2.24, 2.45) is 29.6 Å². The van der Waals surface area contributed by atoms with Gasteiger partial charge in [0.1, 0.15) is 0 Å². The van der Waals surface area contributed by atoms with E-state index >= 15 is 0 Å². The predicted octanol–water partition coefficient (Wildman–Crippen LogP) is 3.27. The second kappa shape index (κ2) is 3.76. The summed E-state index contributed by atoms with van der Waals surface area (Å²) in [5.74, 6) is 2.60. The molecule has 0 radical (unpaired) electrons. The van der Waals surface area contributed by atoms with Crippen LogP contribution in [-0.2, 0) is 4.79 Å². The van der Waals surface area contributed by atoms with E-state index in [0.717, 1.165) is 11.8 Å². The molecule has 4 saturated carbocycles. The van der Waals surface area contributed by atoms with Crippen molar-refractivity contribution in [3.63, 3.8) is 0 Å². The molecule has 0 saturated heterocycles. The number of carbonyl (C=O) groups is 1. The highest BCUT2D eigenvalue weighted by Gasteiger charge is 2.49. The molecule has 0 aliphatic heterocycles. The third-order valence-electron chi connectivity index (χ3n) is 4.81. The van der Waals surface area contributed by atoms with Gasteiger partial charge in [0.15, 0.2) is 0 Å². The lowest BCUT2D eigenvalue weighted by Gasteiger charge is -2.54. The zero-order valence-electron chi connectivity index (χ0n) is 9.23. The number of halogens is 1. The number of carboxylic acids is 1. The maximum atomic E-state index is 10.7. The molecular weight excluding hydrogens is 224 g/mol. The van der Waals surface area contributed by atoms with Crippen LogP contribution in [0.15, 0.2) is 11.1 Å². The fourth-order valence-corrected chi connectivity index (χ4v) is 5.04. The average Bonchev–Trinajstić information content (AvgIpc) is 2.13. The summed E-state index contributed by atoms with van der Waals surface area (Å²) in [7, 11) is 0. The molecule has 3 heteroatoms. The number of hydrogen-bond donors (Lipinski definition) is 1. The maximum absolute atomic E-state index is 10.7. The van der Waals surface area contributed by atoms with Gasteiger partial charge in [-0.25, -0.2) is 4.79 Å². The van der Waals surface area contributed by atoms with Crippen LogP contribution in [0.2, 0.25) is 0 Å². The third kappa shape index (κ3) is 1.67. The highest BCUT2D eigenvalue weighted by Crippen LogP contribution is 2.58. The van der Waals surface area contributed by atoms with E-state index in [1.807, 2.05) is 0 Å². The predicted molar refractivity (Wildman–Crippen MR) is 62.1 cm³/mol. The first-order valence-electron chi connectivity index (χ1n) is 6.23. The lowest BCUT2D eigenvalue weighted by atomic mass is 9.52. The molecule has 2 nitrogen and oxygen atoms in total. The first kappa shape index (κ1) is 10.6. The van der Waals surface area contributed by atoms with Crippen molar-refractivity contribution >= 4 is 17.6 Å². The van der Waals surface area contributed by atoms with E-state index in [0.29, 0.717) is 22.8 Å². The maximum Gasteiger partial charge on any atom is 0.329 e. The average molecular weight is 241 g/mol. The van der Waals surface area contributed by atoms with Gasteiger partial charge in [-0.05, 0) is 55.8 Å². The zero-order valence-corrected chi connectivity index (χ0v) is 9.99. The Balaban J connectivity index is 1.84. The number of allylic oxidation sites excluding steroid dienone is 1. The molecule has 4 bridgehead atoms. The summed E-state index contributed by atoms with van der Waals surface area (Å²) in [6.45, 7) is 0. The molecule has 0 amide bonds. The Labute approximate surface area is 101 Å². The first-order valence-corrected chi connectivity index (χ1v) is 6.61. The number of carboxylic acid groups (broad SMARTS) is 1. The van der Waals surface area contributed by atoms with E-state index < -0.39 is 5.97 Å². The van der Waals surface area contributed by atoms with Gasteiger partial charge in [-0.2, -0.15) is 0 Å². The van der Waals surface area contributed by atoms with Crippen molar-refractivity contribution in [2.75, 3.05) is 0 Å². The topological polar surface area (TPSA) is 37.3 Å². The van der Waals surface area contributed by atoms with Crippen LogP contribution in [0.4, 0.5) is 0 Å². The molecule has 16 heavy (non-hydrogen) atoms. The first-order chi connectivity index (χ1) is 7.63. The number of hydrogen-bond acceptors (Lipinski definition) is 1. The van der Waals surface area contributed by atoms with Gasteiger partial charge in [0, 0.05) is 17.0 Å².